The maximum Gasteiger partial charge on any atom is 0.251 e. The first-order chi connectivity index (χ1) is 12.6. The summed E-state index contributed by atoms with van der Waals surface area (Å²) in [5, 5.41) is 9.76. The van der Waals surface area contributed by atoms with Crippen molar-refractivity contribution in [2.75, 3.05) is 5.32 Å². The van der Waals surface area contributed by atoms with Gasteiger partial charge in [0.05, 0.1) is 6.54 Å². The van der Waals surface area contributed by atoms with Crippen LogP contribution >= 0.6 is 0 Å². The highest BCUT2D eigenvalue weighted by Crippen LogP contribution is 2.13. The second-order valence-electron chi connectivity index (χ2n) is 5.70. The van der Waals surface area contributed by atoms with E-state index in [-0.39, 0.29) is 18.3 Å². The van der Waals surface area contributed by atoms with Gasteiger partial charge in [0.2, 0.25) is 5.89 Å². The molecule has 3 rings (SSSR count). The molecule has 1 amide bonds. The van der Waals surface area contributed by atoms with Crippen molar-refractivity contribution >= 4 is 11.6 Å². The van der Waals surface area contributed by atoms with E-state index in [4.69, 9.17) is 4.52 Å². The van der Waals surface area contributed by atoms with E-state index < -0.39 is 0 Å². The van der Waals surface area contributed by atoms with E-state index in [1.54, 1.807) is 30.3 Å². The Morgan fingerprint density at radius 2 is 1.96 bits per heavy atom. The number of carbonyl (C=O) groups is 1. The lowest BCUT2D eigenvalue weighted by atomic mass is 10.1. The Kier molecular flexibility index (Phi) is 5.58. The van der Waals surface area contributed by atoms with Gasteiger partial charge in [-0.25, -0.2) is 4.39 Å². The third kappa shape index (κ3) is 4.66. The van der Waals surface area contributed by atoms with E-state index in [1.165, 1.54) is 12.1 Å². The Bertz CT molecular complexity index is 877. The fourth-order valence-electron chi connectivity index (χ4n) is 2.34. The molecule has 0 aliphatic rings. The molecule has 0 aliphatic carbocycles. The van der Waals surface area contributed by atoms with E-state index >= 15 is 0 Å². The second kappa shape index (κ2) is 8.24. The Morgan fingerprint density at radius 1 is 1.15 bits per heavy atom. The van der Waals surface area contributed by atoms with Gasteiger partial charge in [0, 0.05) is 24.2 Å². The first-order valence-corrected chi connectivity index (χ1v) is 8.32. The second-order valence-corrected chi connectivity index (χ2v) is 5.70. The summed E-state index contributed by atoms with van der Waals surface area (Å²) in [4.78, 5) is 16.4. The summed E-state index contributed by atoms with van der Waals surface area (Å²) in [6.07, 6.45) is 0.680. The standard InChI is InChI=1S/C19H19FN4O2/c1-2-17-23-18(26-24-17)12-22-19(25)14-4-3-5-16(10-14)21-11-13-6-8-15(20)9-7-13/h3-10,21H,2,11-12H2,1H3,(H,22,25). The van der Waals surface area contributed by atoms with Crippen molar-refractivity contribution in [2.24, 2.45) is 0 Å². The van der Waals surface area contributed by atoms with Crippen LogP contribution in [0.2, 0.25) is 0 Å². The van der Waals surface area contributed by atoms with Crippen LogP contribution < -0.4 is 10.6 Å². The van der Waals surface area contributed by atoms with Gasteiger partial charge < -0.3 is 15.2 Å². The zero-order valence-electron chi connectivity index (χ0n) is 14.3. The number of halogens is 1. The monoisotopic (exact) mass is 354 g/mol. The van der Waals surface area contributed by atoms with Crippen LogP contribution in [-0.4, -0.2) is 16.0 Å². The Balaban J connectivity index is 1.57. The quantitative estimate of drug-likeness (QED) is 0.680. The molecular weight excluding hydrogens is 335 g/mol. The molecule has 2 aromatic carbocycles. The largest absolute Gasteiger partial charge is 0.381 e. The highest BCUT2D eigenvalue weighted by molar-refractivity contribution is 5.95. The first-order valence-electron chi connectivity index (χ1n) is 8.32. The van der Waals surface area contributed by atoms with Crippen LogP contribution in [-0.2, 0) is 19.5 Å². The maximum absolute atomic E-state index is 12.9. The number of hydrogen-bond donors (Lipinski definition) is 2. The van der Waals surface area contributed by atoms with Crippen molar-refractivity contribution in [3.05, 3.63) is 77.2 Å². The van der Waals surface area contributed by atoms with E-state index in [2.05, 4.69) is 20.8 Å². The van der Waals surface area contributed by atoms with E-state index in [9.17, 15) is 9.18 Å². The zero-order chi connectivity index (χ0) is 18.4. The minimum absolute atomic E-state index is 0.180. The molecule has 0 saturated heterocycles. The summed E-state index contributed by atoms with van der Waals surface area (Å²) in [7, 11) is 0. The summed E-state index contributed by atoms with van der Waals surface area (Å²) in [6, 6.07) is 13.4. The van der Waals surface area contributed by atoms with Crippen LogP contribution in [0, 0.1) is 5.82 Å². The van der Waals surface area contributed by atoms with E-state index in [0.717, 1.165) is 11.3 Å². The van der Waals surface area contributed by atoms with Gasteiger partial charge in [0.15, 0.2) is 5.82 Å². The lowest BCUT2D eigenvalue weighted by Gasteiger charge is -2.09. The van der Waals surface area contributed by atoms with E-state index in [1.807, 2.05) is 13.0 Å². The molecule has 26 heavy (non-hydrogen) atoms. The number of amides is 1. The molecule has 134 valence electrons. The van der Waals surface area contributed by atoms with Crippen LogP contribution in [0.3, 0.4) is 0 Å². The molecule has 0 fully saturated rings. The molecule has 0 radical (unpaired) electrons. The number of benzene rings is 2. The molecule has 0 atom stereocenters. The maximum atomic E-state index is 12.9. The number of nitrogens with zero attached hydrogens (tertiary/aromatic N) is 2. The van der Waals surface area contributed by atoms with Crippen molar-refractivity contribution in [1.82, 2.24) is 15.5 Å². The fourth-order valence-corrected chi connectivity index (χ4v) is 2.34. The smallest absolute Gasteiger partial charge is 0.251 e. The molecular formula is C19H19FN4O2. The normalized spacial score (nSPS) is 10.5. The summed E-state index contributed by atoms with van der Waals surface area (Å²) in [5.41, 5.74) is 2.27. The molecule has 7 heteroatoms. The molecule has 0 bridgehead atoms. The topological polar surface area (TPSA) is 80.0 Å². The number of hydrogen-bond acceptors (Lipinski definition) is 5. The average Bonchev–Trinajstić information content (AvgIpc) is 3.14. The molecule has 3 aromatic rings. The molecule has 0 saturated carbocycles. The lowest BCUT2D eigenvalue weighted by molar-refractivity contribution is 0.0946. The average molecular weight is 354 g/mol. The first kappa shape index (κ1) is 17.6. The number of anilines is 1. The van der Waals surface area contributed by atoms with Gasteiger partial charge in [-0.3, -0.25) is 4.79 Å². The Hall–Kier alpha value is -3.22. The minimum atomic E-state index is -0.264. The highest BCUT2D eigenvalue weighted by Gasteiger charge is 2.09. The predicted molar refractivity (Wildman–Crippen MR) is 95.0 cm³/mol. The minimum Gasteiger partial charge on any atom is -0.381 e. The van der Waals surface area contributed by atoms with Crippen LogP contribution in [0.4, 0.5) is 10.1 Å². The van der Waals surface area contributed by atoms with Gasteiger partial charge in [0.1, 0.15) is 5.82 Å². The van der Waals surface area contributed by atoms with Gasteiger partial charge in [-0.1, -0.05) is 30.3 Å². The summed E-state index contributed by atoms with van der Waals surface area (Å²) >= 11 is 0. The number of nitrogens with one attached hydrogen (secondary N) is 2. The third-order valence-electron chi connectivity index (χ3n) is 3.76. The third-order valence-corrected chi connectivity index (χ3v) is 3.76. The van der Waals surface area contributed by atoms with Crippen molar-refractivity contribution in [3.8, 4) is 0 Å². The molecule has 1 heterocycles. The van der Waals surface area contributed by atoms with Crippen LogP contribution in [0.5, 0.6) is 0 Å². The number of aromatic nitrogens is 2. The molecule has 2 N–H and O–H groups in total. The Morgan fingerprint density at radius 3 is 2.69 bits per heavy atom. The predicted octanol–water partition coefficient (Wildman–Crippen LogP) is 3.31. The molecule has 0 aliphatic heterocycles. The molecule has 0 spiro atoms. The zero-order valence-corrected chi connectivity index (χ0v) is 14.3. The van der Waals surface area contributed by atoms with Crippen molar-refractivity contribution in [3.63, 3.8) is 0 Å². The van der Waals surface area contributed by atoms with Gasteiger partial charge in [-0.2, -0.15) is 4.98 Å². The van der Waals surface area contributed by atoms with Crippen LogP contribution in [0.1, 0.15) is 34.6 Å². The fraction of sp³-hybridized carbons (Fsp3) is 0.211. The number of carbonyl (C=O) groups excluding carboxylic acids is 1. The van der Waals surface area contributed by atoms with E-state index in [0.29, 0.717) is 30.2 Å². The lowest BCUT2D eigenvalue weighted by Crippen LogP contribution is -2.23. The summed E-state index contributed by atoms with van der Waals surface area (Å²) in [6.45, 7) is 2.64. The van der Waals surface area contributed by atoms with Gasteiger partial charge in [0.25, 0.3) is 5.91 Å². The Labute approximate surface area is 150 Å². The summed E-state index contributed by atoms with van der Waals surface area (Å²) < 4.78 is 18.0. The molecule has 1 aromatic heterocycles. The SMILES string of the molecule is CCc1noc(CNC(=O)c2cccc(NCc3ccc(F)cc3)c2)n1. The van der Waals surface area contributed by atoms with Gasteiger partial charge in [-0.15, -0.1) is 0 Å². The molecule has 0 unspecified atom stereocenters. The van der Waals surface area contributed by atoms with Crippen molar-refractivity contribution in [2.45, 2.75) is 26.4 Å². The van der Waals surface area contributed by atoms with Crippen molar-refractivity contribution < 1.29 is 13.7 Å². The van der Waals surface area contributed by atoms with Crippen LogP contribution in [0.15, 0.2) is 53.1 Å². The van der Waals surface area contributed by atoms with Crippen molar-refractivity contribution in [1.29, 1.82) is 0 Å². The van der Waals surface area contributed by atoms with Gasteiger partial charge in [-0.05, 0) is 35.9 Å². The number of aryl methyl sites for hydroxylation is 1. The highest BCUT2D eigenvalue weighted by atomic mass is 19.1. The van der Waals surface area contributed by atoms with Crippen LogP contribution in [0.25, 0.3) is 0 Å². The van der Waals surface area contributed by atoms with Gasteiger partial charge >= 0.3 is 0 Å². The summed E-state index contributed by atoms with van der Waals surface area (Å²) in [5.74, 6) is 0.494. The number of rotatable bonds is 7. The molecule has 6 nitrogen and oxygen atoms in total.